The van der Waals surface area contributed by atoms with Gasteiger partial charge in [-0.25, -0.2) is 0 Å². The van der Waals surface area contributed by atoms with Gasteiger partial charge in [-0.05, 0) is 37.2 Å². The van der Waals surface area contributed by atoms with Gasteiger partial charge in [0.05, 0.1) is 30.5 Å². The van der Waals surface area contributed by atoms with Crippen LogP contribution in [-0.2, 0) is 4.79 Å². The molecule has 0 bridgehead atoms. The van der Waals surface area contributed by atoms with Crippen LogP contribution in [0, 0.1) is 0 Å². The average Bonchev–Trinajstić information content (AvgIpc) is 2.97. The third-order valence-electron chi connectivity index (χ3n) is 4.81. The van der Waals surface area contributed by atoms with Gasteiger partial charge in [0, 0.05) is 13.1 Å². The molecule has 0 aromatic heterocycles. The zero-order valence-electron chi connectivity index (χ0n) is 16.7. The summed E-state index contributed by atoms with van der Waals surface area (Å²) in [5.74, 6) is -0.139. The number of rotatable bonds is 9. The van der Waals surface area contributed by atoms with Crippen molar-refractivity contribution < 1.29 is 19.1 Å². The highest BCUT2D eigenvalue weighted by molar-refractivity contribution is 6.21. The molecule has 0 saturated carbocycles. The Morgan fingerprint density at radius 2 is 1.62 bits per heavy atom. The first-order chi connectivity index (χ1) is 14.0. The van der Waals surface area contributed by atoms with E-state index in [2.05, 4.69) is 5.32 Å². The minimum Gasteiger partial charge on any atom is -0.495 e. The highest BCUT2D eigenvalue weighted by Crippen LogP contribution is 2.23. The van der Waals surface area contributed by atoms with Crippen LogP contribution in [0.25, 0.3) is 0 Å². The number of nitrogens with one attached hydrogen (secondary N) is 1. The van der Waals surface area contributed by atoms with Crippen molar-refractivity contribution in [3.8, 4) is 5.75 Å². The van der Waals surface area contributed by atoms with Crippen LogP contribution in [0.4, 0.5) is 5.69 Å². The Hall–Kier alpha value is -3.19. The summed E-state index contributed by atoms with van der Waals surface area (Å²) in [6, 6.07) is 14.0. The number of imide groups is 1. The van der Waals surface area contributed by atoms with Gasteiger partial charge < -0.3 is 10.1 Å². The normalized spacial score (nSPS) is 13.0. The molecule has 1 N–H and O–H groups in total. The second-order valence-corrected chi connectivity index (χ2v) is 6.83. The van der Waals surface area contributed by atoms with Gasteiger partial charge in [0.15, 0.2) is 0 Å². The smallest absolute Gasteiger partial charge is 0.261 e. The number of hydrogen-bond acceptors (Lipinski definition) is 5. The second-order valence-electron chi connectivity index (χ2n) is 6.83. The summed E-state index contributed by atoms with van der Waals surface area (Å²) >= 11 is 0. The number of ether oxygens (including phenoxy) is 1. The minimum absolute atomic E-state index is 0.162. The fourth-order valence-electron chi connectivity index (χ4n) is 3.41. The first kappa shape index (κ1) is 20.5. The lowest BCUT2D eigenvalue weighted by Gasteiger charge is -2.24. The summed E-state index contributed by atoms with van der Waals surface area (Å²) in [7, 11) is 1.55. The van der Waals surface area contributed by atoms with E-state index in [1.54, 1.807) is 43.5 Å². The standard InChI is InChI=1S/C22H25N3O4/c1-3-12-24(15-20(26)23-18-10-6-7-11-19(18)29-2)13-14-25-21(27)16-8-4-5-9-17(16)22(25)28/h4-11H,3,12-15H2,1-2H3,(H,23,26). The first-order valence-electron chi connectivity index (χ1n) is 9.65. The molecule has 1 aliphatic rings. The SMILES string of the molecule is CCCN(CCN1C(=O)c2ccccc2C1=O)CC(=O)Nc1ccccc1OC. The minimum atomic E-state index is -0.277. The van der Waals surface area contributed by atoms with Crippen molar-refractivity contribution in [1.82, 2.24) is 9.80 Å². The van der Waals surface area contributed by atoms with Gasteiger partial charge in [-0.3, -0.25) is 24.2 Å². The van der Waals surface area contributed by atoms with Crippen LogP contribution in [0.3, 0.4) is 0 Å². The maximum atomic E-state index is 12.5. The molecule has 3 amide bonds. The highest BCUT2D eigenvalue weighted by Gasteiger charge is 2.34. The van der Waals surface area contributed by atoms with Gasteiger partial charge in [-0.15, -0.1) is 0 Å². The summed E-state index contributed by atoms with van der Waals surface area (Å²) in [6.45, 7) is 3.54. The lowest BCUT2D eigenvalue weighted by Crippen LogP contribution is -2.41. The lowest BCUT2D eigenvalue weighted by molar-refractivity contribution is -0.117. The number of benzene rings is 2. The number of carbonyl (C=O) groups excluding carboxylic acids is 3. The molecule has 29 heavy (non-hydrogen) atoms. The van der Waals surface area contributed by atoms with E-state index in [-0.39, 0.29) is 30.8 Å². The number of carbonyl (C=O) groups is 3. The van der Waals surface area contributed by atoms with Gasteiger partial charge in [0.2, 0.25) is 5.91 Å². The van der Waals surface area contributed by atoms with Crippen LogP contribution in [-0.4, -0.2) is 60.8 Å². The third-order valence-corrected chi connectivity index (χ3v) is 4.81. The quantitative estimate of drug-likeness (QED) is 0.661. The van der Waals surface area contributed by atoms with Crippen molar-refractivity contribution >= 4 is 23.4 Å². The molecule has 0 saturated heterocycles. The van der Waals surface area contributed by atoms with Gasteiger partial charge in [0.25, 0.3) is 11.8 Å². The molecule has 0 unspecified atom stereocenters. The molecule has 2 aromatic carbocycles. The van der Waals surface area contributed by atoms with E-state index in [0.29, 0.717) is 35.7 Å². The zero-order valence-corrected chi connectivity index (χ0v) is 16.7. The Balaban J connectivity index is 1.60. The van der Waals surface area contributed by atoms with Crippen LogP contribution in [0.2, 0.25) is 0 Å². The van der Waals surface area contributed by atoms with Crippen molar-refractivity contribution in [3.63, 3.8) is 0 Å². The molecule has 1 heterocycles. The number of fused-ring (bicyclic) bond motifs is 1. The van der Waals surface area contributed by atoms with Crippen LogP contribution < -0.4 is 10.1 Å². The highest BCUT2D eigenvalue weighted by atomic mass is 16.5. The maximum Gasteiger partial charge on any atom is 0.261 e. The van der Waals surface area contributed by atoms with Gasteiger partial charge in [-0.2, -0.15) is 0 Å². The summed E-state index contributed by atoms with van der Waals surface area (Å²) in [4.78, 5) is 40.7. The number of para-hydroxylation sites is 2. The predicted octanol–water partition coefficient (Wildman–Crippen LogP) is 2.64. The molecule has 0 spiro atoms. The summed E-state index contributed by atoms with van der Waals surface area (Å²) in [6.07, 6.45) is 0.851. The number of methoxy groups -OCH3 is 1. The molecule has 2 aromatic rings. The number of anilines is 1. The first-order valence-corrected chi connectivity index (χ1v) is 9.65. The molecule has 0 radical (unpaired) electrons. The Bertz CT molecular complexity index is 877. The van der Waals surface area contributed by atoms with E-state index in [9.17, 15) is 14.4 Å². The van der Waals surface area contributed by atoms with E-state index in [1.807, 2.05) is 24.0 Å². The van der Waals surface area contributed by atoms with E-state index >= 15 is 0 Å². The van der Waals surface area contributed by atoms with Gasteiger partial charge in [-0.1, -0.05) is 31.2 Å². The molecule has 0 fully saturated rings. The third kappa shape index (κ3) is 4.63. The molecule has 3 rings (SSSR count). The van der Waals surface area contributed by atoms with Gasteiger partial charge >= 0.3 is 0 Å². The summed E-state index contributed by atoms with van der Waals surface area (Å²) < 4.78 is 5.26. The molecule has 0 aliphatic carbocycles. The van der Waals surface area contributed by atoms with E-state index in [4.69, 9.17) is 4.74 Å². The Morgan fingerprint density at radius 1 is 1.00 bits per heavy atom. The van der Waals surface area contributed by atoms with Crippen molar-refractivity contribution in [2.75, 3.05) is 38.6 Å². The molecule has 0 atom stereocenters. The molecule has 7 nitrogen and oxygen atoms in total. The molecular formula is C22H25N3O4. The molecule has 1 aliphatic heterocycles. The molecule has 7 heteroatoms. The van der Waals surface area contributed by atoms with E-state index in [0.717, 1.165) is 6.42 Å². The van der Waals surface area contributed by atoms with Crippen LogP contribution in [0.15, 0.2) is 48.5 Å². The Morgan fingerprint density at radius 3 is 2.24 bits per heavy atom. The monoisotopic (exact) mass is 395 g/mol. The Kier molecular flexibility index (Phi) is 6.61. The van der Waals surface area contributed by atoms with Crippen LogP contribution in [0.5, 0.6) is 5.75 Å². The van der Waals surface area contributed by atoms with Crippen molar-refractivity contribution in [3.05, 3.63) is 59.7 Å². The fourth-order valence-corrected chi connectivity index (χ4v) is 3.41. The van der Waals surface area contributed by atoms with E-state index in [1.165, 1.54) is 4.90 Å². The van der Waals surface area contributed by atoms with Crippen molar-refractivity contribution in [2.45, 2.75) is 13.3 Å². The molecule has 152 valence electrons. The average molecular weight is 395 g/mol. The number of amides is 3. The van der Waals surface area contributed by atoms with Gasteiger partial charge in [0.1, 0.15) is 5.75 Å². The van der Waals surface area contributed by atoms with Crippen LogP contribution >= 0.6 is 0 Å². The van der Waals surface area contributed by atoms with Crippen LogP contribution in [0.1, 0.15) is 34.1 Å². The summed E-state index contributed by atoms with van der Waals surface area (Å²) in [5, 5.41) is 2.86. The largest absolute Gasteiger partial charge is 0.495 e. The lowest BCUT2D eigenvalue weighted by atomic mass is 10.1. The summed E-state index contributed by atoms with van der Waals surface area (Å²) in [5.41, 5.74) is 1.48. The number of hydrogen-bond donors (Lipinski definition) is 1. The van der Waals surface area contributed by atoms with Crippen molar-refractivity contribution in [1.29, 1.82) is 0 Å². The second kappa shape index (κ2) is 9.34. The maximum absolute atomic E-state index is 12.5. The molecular weight excluding hydrogens is 370 g/mol. The predicted molar refractivity (Wildman–Crippen MR) is 110 cm³/mol. The zero-order chi connectivity index (χ0) is 20.8. The fraction of sp³-hybridized carbons (Fsp3) is 0.318. The Labute approximate surface area is 170 Å². The topological polar surface area (TPSA) is 79.0 Å². The van der Waals surface area contributed by atoms with E-state index < -0.39 is 0 Å². The number of nitrogens with zero attached hydrogens (tertiary/aromatic N) is 2. The van der Waals surface area contributed by atoms with Crippen molar-refractivity contribution in [2.24, 2.45) is 0 Å².